The molecular weight excluding hydrogens is 286 g/mol. The third-order valence-corrected chi connectivity index (χ3v) is 3.25. The summed E-state index contributed by atoms with van der Waals surface area (Å²) in [6, 6.07) is 9.80. The Morgan fingerprint density at radius 3 is 2.30 bits per heavy atom. The number of carbonyl (C=O) groups is 1. The van der Waals surface area contributed by atoms with E-state index in [1.165, 1.54) is 6.07 Å². The second-order valence-corrected chi connectivity index (χ2v) is 4.83. The number of hydrogen-bond donors (Lipinski definition) is 1. The van der Waals surface area contributed by atoms with Crippen LogP contribution in [0.25, 0.3) is 0 Å². The lowest BCUT2D eigenvalue weighted by molar-refractivity contribution is -0.138. The molecule has 5 heteroatoms. The highest BCUT2D eigenvalue weighted by molar-refractivity contribution is 6.30. The van der Waals surface area contributed by atoms with Crippen molar-refractivity contribution in [2.75, 3.05) is 0 Å². The van der Waals surface area contributed by atoms with Crippen LogP contribution in [0.1, 0.15) is 17.0 Å². The summed E-state index contributed by atoms with van der Waals surface area (Å²) >= 11 is 5.76. The molecule has 0 spiro atoms. The van der Waals surface area contributed by atoms with Crippen LogP contribution in [0.3, 0.4) is 0 Å². The largest absolute Gasteiger partial charge is 0.481 e. The topological polar surface area (TPSA) is 37.3 Å². The first kappa shape index (κ1) is 14.5. The fraction of sp³-hybridized carbons (Fsp3) is 0.133. The van der Waals surface area contributed by atoms with Gasteiger partial charge >= 0.3 is 5.97 Å². The summed E-state index contributed by atoms with van der Waals surface area (Å²) in [5, 5.41) is 9.79. The molecule has 0 aliphatic rings. The van der Waals surface area contributed by atoms with Gasteiger partial charge in [0.25, 0.3) is 0 Å². The minimum absolute atomic E-state index is 0.0775. The zero-order valence-electron chi connectivity index (χ0n) is 10.3. The molecule has 0 heterocycles. The molecule has 1 N–H and O–H groups in total. The van der Waals surface area contributed by atoms with E-state index in [0.29, 0.717) is 16.1 Å². The van der Waals surface area contributed by atoms with Crippen LogP contribution in [-0.4, -0.2) is 11.1 Å². The highest BCUT2D eigenvalue weighted by Crippen LogP contribution is 2.24. The van der Waals surface area contributed by atoms with E-state index in [2.05, 4.69) is 0 Å². The minimum Gasteiger partial charge on any atom is -0.481 e. The van der Waals surface area contributed by atoms with Gasteiger partial charge in [0, 0.05) is 5.02 Å². The lowest BCUT2D eigenvalue weighted by Crippen LogP contribution is -2.14. The molecule has 1 atom stereocenters. The van der Waals surface area contributed by atoms with Crippen LogP contribution in [0.4, 0.5) is 8.78 Å². The van der Waals surface area contributed by atoms with Crippen LogP contribution in [-0.2, 0) is 11.2 Å². The van der Waals surface area contributed by atoms with Crippen molar-refractivity contribution in [3.63, 3.8) is 0 Å². The Morgan fingerprint density at radius 2 is 1.75 bits per heavy atom. The van der Waals surface area contributed by atoms with E-state index in [1.807, 2.05) is 0 Å². The summed E-state index contributed by atoms with van der Waals surface area (Å²) < 4.78 is 26.0. The van der Waals surface area contributed by atoms with E-state index in [0.717, 1.165) is 12.1 Å². The summed E-state index contributed by atoms with van der Waals surface area (Å²) in [6.07, 6.45) is 0.0775. The number of aliphatic carboxylic acids is 1. The normalized spacial score (nSPS) is 12.2. The fourth-order valence-electron chi connectivity index (χ4n) is 1.95. The third kappa shape index (κ3) is 3.33. The number of carboxylic acids is 1. The number of rotatable bonds is 4. The predicted molar refractivity (Wildman–Crippen MR) is 71.9 cm³/mol. The Bertz CT molecular complexity index is 626. The lowest BCUT2D eigenvalue weighted by Gasteiger charge is -2.13. The van der Waals surface area contributed by atoms with Gasteiger partial charge in [-0.3, -0.25) is 4.79 Å². The molecule has 0 fully saturated rings. The summed E-state index contributed by atoms with van der Waals surface area (Å²) in [6.45, 7) is 0. The molecule has 104 valence electrons. The molecule has 20 heavy (non-hydrogen) atoms. The monoisotopic (exact) mass is 296 g/mol. The standard InChI is InChI=1S/C15H11ClF2O2/c16-11-4-2-10(3-5-11)12(15(19)20)7-9-1-6-13(17)14(18)8-9/h1-6,8,12H,7H2,(H,19,20). The number of carboxylic acid groups (broad SMARTS) is 1. The van der Waals surface area contributed by atoms with Crippen molar-refractivity contribution in [1.29, 1.82) is 0 Å². The first-order valence-corrected chi connectivity index (χ1v) is 6.27. The van der Waals surface area contributed by atoms with E-state index in [4.69, 9.17) is 11.6 Å². The number of hydrogen-bond acceptors (Lipinski definition) is 1. The maximum Gasteiger partial charge on any atom is 0.311 e. The van der Waals surface area contributed by atoms with Gasteiger partial charge in [-0.15, -0.1) is 0 Å². The van der Waals surface area contributed by atoms with Crippen LogP contribution in [0.15, 0.2) is 42.5 Å². The fourth-order valence-corrected chi connectivity index (χ4v) is 2.07. The lowest BCUT2D eigenvalue weighted by atomic mass is 9.92. The first-order valence-electron chi connectivity index (χ1n) is 5.89. The molecule has 0 saturated carbocycles. The second-order valence-electron chi connectivity index (χ2n) is 4.39. The van der Waals surface area contributed by atoms with Crippen molar-refractivity contribution in [3.05, 3.63) is 70.2 Å². The maximum absolute atomic E-state index is 13.1. The van der Waals surface area contributed by atoms with Gasteiger partial charge in [-0.05, 0) is 41.8 Å². The van der Waals surface area contributed by atoms with E-state index in [-0.39, 0.29) is 6.42 Å². The molecule has 2 aromatic rings. The highest BCUT2D eigenvalue weighted by Gasteiger charge is 2.20. The van der Waals surface area contributed by atoms with Gasteiger partial charge in [0.2, 0.25) is 0 Å². The number of halogens is 3. The molecule has 2 rings (SSSR count). The van der Waals surface area contributed by atoms with Gasteiger partial charge in [0.15, 0.2) is 11.6 Å². The average Bonchev–Trinajstić information content (AvgIpc) is 2.41. The van der Waals surface area contributed by atoms with Crippen LogP contribution in [0, 0.1) is 11.6 Å². The highest BCUT2D eigenvalue weighted by atomic mass is 35.5. The first-order chi connectivity index (χ1) is 9.47. The van der Waals surface area contributed by atoms with Crippen LogP contribution < -0.4 is 0 Å². The van der Waals surface area contributed by atoms with Crippen molar-refractivity contribution >= 4 is 17.6 Å². The van der Waals surface area contributed by atoms with Crippen LogP contribution >= 0.6 is 11.6 Å². The summed E-state index contributed by atoms with van der Waals surface area (Å²) in [5.41, 5.74) is 0.984. The minimum atomic E-state index is -1.03. The Hall–Kier alpha value is -1.94. The van der Waals surface area contributed by atoms with E-state index in [1.54, 1.807) is 24.3 Å². The molecule has 0 radical (unpaired) electrons. The SMILES string of the molecule is O=C(O)C(Cc1ccc(F)c(F)c1)c1ccc(Cl)cc1. The van der Waals surface area contributed by atoms with Gasteiger partial charge in [0.05, 0.1) is 5.92 Å². The third-order valence-electron chi connectivity index (χ3n) is 2.99. The predicted octanol–water partition coefficient (Wildman–Crippen LogP) is 4.03. The average molecular weight is 297 g/mol. The molecule has 0 aromatic heterocycles. The maximum atomic E-state index is 13.1. The summed E-state index contributed by atoms with van der Waals surface area (Å²) in [5.74, 6) is -3.80. The molecule has 0 aliphatic heterocycles. The van der Waals surface area contributed by atoms with Gasteiger partial charge in [-0.2, -0.15) is 0 Å². The second kappa shape index (κ2) is 6.01. The molecule has 2 nitrogen and oxygen atoms in total. The zero-order chi connectivity index (χ0) is 14.7. The van der Waals surface area contributed by atoms with Crippen LogP contribution in [0.2, 0.25) is 5.02 Å². The van der Waals surface area contributed by atoms with Gasteiger partial charge in [-0.25, -0.2) is 8.78 Å². The van der Waals surface area contributed by atoms with Gasteiger partial charge in [0.1, 0.15) is 0 Å². The molecule has 0 amide bonds. The molecule has 2 aromatic carbocycles. The Labute approximate surface area is 119 Å². The van der Waals surface area contributed by atoms with Crippen molar-refractivity contribution in [2.45, 2.75) is 12.3 Å². The Morgan fingerprint density at radius 1 is 1.10 bits per heavy atom. The quantitative estimate of drug-likeness (QED) is 0.925. The van der Waals surface area contributed by atoms with Gasteiger partial charge < -0.3 is 5.11 Å². The van der Waals surface area contributed by atoms with Gasteiger partial charge in [-0.1, -0.05) is 29.8 Å². The summed E-state index contributed by atoms with van der Waals surface area (Å²) in [7, 11) is 0. The van der Waals surface area contributed by atoms with E-state index >= 15 is 0 Å². The molecular formula is C15H11ClF2O2. The van der Waals surface area contributed by atoms with Crippen molar-refractivity contribution in [3.8, 4) is 0 Å². The molecule has 0 aliphatic carbocycles. The van der Waals surface area contributed by atoms with E-state index < -0.39 is 23.5 Å². The zero-order valence-corrected chi connectivity index (χ0v) is 11.1. The van der Waals surface area contributed by atoms with Crippen LogP contribution in [0.5, 0.6) is 0 Å². The molecule has 0 saturated heterocycles. The van der Waals surface area contributed by atoms with Crippen molar-refractivity contribution < 1.29 is 18.7 Å². The number of benzene rings is 2. The Kier molecular flexibility index (Phi) is 4.35. The smallest absolute Gasteiger partial charge is 0.311 e. The van der Waals surface area contributed by atoms with Crippen molar-refractivity contribution in [2.24, 2.45) is 0 Å². The Balaban J connectivity index is 2.27. The van der Waals surface area contributed by atoms with E-state index in [9.17, 15) is 18.7 Å². The molecule has 1 unspecified atom stereocenters. The molecule has 0 bridgehead atoms. The van der Waals surface area contributed by atoms with Crippen molar-refractivity contribution in [1.82, 2.24) is 0 Å². The summed E-state index contributed by atoms with van der Waals surface area (Å²) in [4.78, 5) is 11.3.